The minimum Gasteiger partial charge on any atom is -0.507 e. The molecule has 1 heterocycles. The molecule has 0 unspecified atom stereocenters. The Morgan fingerprint density at radius 3 is 2.27 bits per heavy atom. The van der Waals surface area contributed by atoms with Gasteiger partial charge in [0.25, 0.3) is 5.91 Å². The summed E-state index contributed by atoms with van der Waals surface area (Å²) in [7, 11) is 0. The summed E-state index contributed by atoms with van der Waals surface area (Å²) in [6.07, 6.45) is -1.70. The number of phenols is 1. The number of carbonyl (C=O) groups excluding carboxylic acids is 1. The van der Waals surface area contributed by atoms with Crippen molar-refractivity contribution in [1.29, 1.82) is 0 Å². The fraction of sp³-hybridized carbons (Fsp3) is 0.316. The van der Waals surface area contributed by atoms with Crippen molar-refractivity contribution in [2.45, 2.75) is 25.6 Å². The van der Waals surface area contributed by atoms with Crippen LogP contribution < -0.4 is 4.74 Å². The molecular weight excluding hydrogens is 347 g/mol. The van der Waals surface area contributed by atoms with Gasteiger partial charge in [0.15, 0.2) is 0 Å². The van der Waals surface area contributed by atoms with Crippen LogP contribution in [0.5, 0.6) is 11.5 Å². The Kier molecular flexibility index (Phi) is 5.06. The summed E-state index contributed by atoms with van der Waals surface area (Å²) in [4.78, 5) is 14.3. The van der Waals surface area contributed by atoms with Crippen molar-refractivity contribution in [3.63, 3.8) is 0 Å². The molecule has 0 spiro atoms. The highest BCUT2D eigenvalue weighted by atomic mass is 19.4. The number of piperidine rings is 1. The van der Waals surface area contributed by atoms with E-state index in [1.54, 1.807) is 29.2 Å². The number of halogens is 3. The molecule has 138 valence electrons. The fourth-order valence-corrected chi connectivity index (χ4v) is 3.02. The van der Waals surface area contributed by atoms with E-state index in [1.165, 1.54) is 0 Å². The SMILES string of the molecule is O=C(c1ccc(-c2cc(OC(F)(F)F)ccc2O)cc1)N1CCCCC1. The number of amides is 1. The van der Waals surface area contributed by atoms with Gasteiger partial charge in [0.1, 0.15) is 11.5 Å². The molecule has 1 N–H and O–H groups in total. The van der Waals surface area contributed by atoms with Crippen LogP contribution in [0.4, 0.5) is 13.2 Å². The maximum absolute atomic E-state index is 12.5. The van der Waals surface area contributed by atoms with Crippen molar-refractivity contribution in [2.75, 3.05) is 13.1 Å². The number of carbonyl (C=O) groups is 1. The van der Waals surface area contributed by atoms with Crippen LogP contribution in [0.1, 0.15) is 29.6 Å². The molecule has 0 aliphatic carbocycles. The Morgan fingerprint density at radius 2 is 1.65 bits per heavy atom. The Balaban J connectivity index is 1.82. The molecule has 0 bridgehead atoms. The van der Waals surface area contributed by atoms with Crippen LogP contribution in [0.15, 0.2) is 42.5 Å². The third kappa shape index (κ3) is 4.28. The highest BCUT2D eigenvalue weighted by Crippen LogP contribution is 2.34. The molecule has 4 nitrogen and oxygen atoms in total. The van der Waals surface area contributed by atoms with Gasteiger partial charge in [-0.2, -0.15) is 0 Å². The molecule has 1 saturated heterocycles. The summed E-state index contributed by atoms with van der Waals surface area (Å²) >= 11 is 0. The Morgan fingerprint density at radius 1 is 1.00 bits per heavy atom. The average Bonchev–Trinajstić information content (AvgIpc) is 2.62. The fourth-order valence-electron chi connectivity index (χ4n) is 3.02. The summed E-state index contributed by atoms with van der Waals surface area (Å²) in [5.41, 5.74) is 1.20. The van der Waals surface area contributed by atoms with Crippen molar-refractivity contribution in [2.24, 2.45) is 0 Å². The molecule has 1 amide bonds. The van der Waals surface area contributed by atoms with Gasteiger partial charge in [-0.3, -0.25) is 4.79 Å². The van der Waals surface area contributed by atoms with Crippen molar-refractivity contribution in [3.05, 3.63) is 48.0 Å². The van der Waals surface area contributed by atoms with Crippen molar-refractivity contribution < 1.29 is 27.8 Å². The monoisotopic (exact) mass is 365 g/mol. The maximum Gasteiger partial charge on any atom is 0.573 e. The lowest BCUT2D eigenvalue weighted by atomic mass is 10.0. The molecule has 0 atom stereocenters. The minimum absolute atomic E-state index is 0.0605. The predicted molar refractivity (Wildman–Crippen MR) is 90.0 cm³/mol. The van der Waals surface area contributed by atoms with Gasteiger partial charge in [0, 0.05) is 24.2 Å². The Labute approximate surface area is 148 Å². The van der Waals surface area contributed by atoms with Gasteiger partial charge in [0.2, 0.25) is 0 Å². The second kappa shape index (κ2) is 7.27. The van der Waals surface area contributed by atoms with E-state index in [1.807, 2.05) is 0 Å². The first kappa shape index (κ1) is 18.1. The van der Waals surface area contributed by atoms with Gasteiger partial charge in [-0.05, 0) is 55.2 Å². The third-order valence-corrected chi connectivity index (χ3v) is 4.29. The third-order valence-electron chi connectivity index (χ3n) is 4.29. The number of ether oxygens (including phenoxy) is 1. The van der Waals surface area contributed by atoms with Gasteiger partial charge in [-0.25, -0.2) is 0 Å². The van der Waals surface area contributed by atoms with E-state index < -0.39 is 12.1 Å². The molecule has 2 aromatic carbocycles. The molecule has 0 saturated carbocycles. The van der Waals surface area contributed by atoms with E-state index in [2.05, 4.69) is 4.74 Å². The lowest BCUT2D eigenvalue weighted by Gasteiger charge is -2.26. The summed E-state index contributed by atoms with van der Waals surface area (Å²) in [6.45, 7) is 1.47. The number of alkyl halides is 3. The molecule has 3 rings (SSSR count). The number of benzene rings is 2. The van der Waals surface area contributed by atoms with Gasteiger partial charge in [-0.15, -0.1) is 13.2 Å². The number of rotatable bonds is 3. The molecular formula is C19H18F3NO3. The quantitative estimate of drug-likeness (QED) is 0.866. The number of hydrogen-bond acceptors (Lipinski definition) is 3. The Bertz CT molecular complexity index is 782. The van der Waals surface area contributed by atoms with Crippen LogP contribution in [0, 0.1) is 0 Å². The van der Waals surface area contributed by atoms with Gasteiger partial charge < -0.3 is 14.7 Å². The summed E-state index contributed by atoms with van der Waals surface area (Å²) < 4.78 is 41.0. The summed E-state index contributed by atoms with van der Waals surface area (Å²) in [5.74, 6) is -0.650. The molecule has 1 aliphatic heterocycles. The van der Waals surface area contributed by atoms with E-state index in [0.717, 1.165) is 50.6 Å². The number of nitrogens with zero attached hydrogens (tertiary/aromatic N) is 1. The maximum atomic E-state index is 12.5. The molecule has 2 aromatic rings. The summed E-state index contributed by atoms with van der Waals surface area (Å²) in [5, 5.41) is 9.96. The van der Waals surface area contributed by atoms with E-state index in [4.69, 9.17) is 0 Å². The molecule has 1 aliphatic rings. The zero-order chi connectivity index (χ0) is 18.7. The molecule has 26 heavy (non-hydrogen) atoms. The molecule has 0 aromatic heterocycles. The largest absolute Gasteiger partial charge is 0.573 e. The first-order valence-corrected chi connectivity index (χ1v) is 8.32. The molecule has 0 radical (unpaired) electrons. The van der Waals surface area contributed by atoms with Gasteiger partial charge in [-0.1, -0.05) is 12.1 Å². The van der Waals surface area contributed by atoms with E-state index in [9.17, 15) is 23.1 Å². The first-order chi connectivity index (χ1) is 12.3. The lowest BCUT2D eigenvalue weighted by Crippen LogP contribution is -2.35. The standard InChI is InChI=1S/C19H18F3NO3/c20-19(21,22)26-15-8-9-17(24)16(12-15)13-4-6-14(7-5-13)18(25)23-10-2-1-3-11-23/h4-9,12,24H,1-3,10-11H2. The Hall–Kier alpha value is -2.70. The smallest absolute Gasteiger partial charge is 0.507 e. The van der Waals surface area contributed by atoms with Crippen molar-refractivity contribution >= 4 is 5.91 Å². The van der Waals surface area contributed by atoms with Crippen LogP contribution in [-0.4, -0.2) is 35.4 Å². The number of likely N-dealkylation sites (tertiary alicyclic amines) is 1. The topological polar surface area (TPSA) is 49.8 Å². The van der Waals surface area contributed by atoms with Crippen molar-refractivity contribution in [1.82, 2.24) is 4.90 Å². The first-order valence-electron chi connectivity index (χ1n) is 8.32. The van der Waals surface area contributed by atoms with Gasteiger partial charge >= 0.3 is 6.36 Å². The second-order valence-corrected chi connectivity index (χ2v) is 6.16. The second-order valence-electron chi connectivity index (χ2n) is 6.16. The van der Waals surface area contributed by atoms with Crippen molar-refractivity contribution in [3.8, 4) is 22.6 Å². The lowest BCUT2D eigenvalue weighted by molar-refractivity contribution is -0.274. The highest BCUT2D eigenvalue weighted by molar-refractivity contribution is 5.94. The zero-order valence-electron chi connectivity index (χ0n) is 13.9. The molecule has 1 fully saturated rings. The molecule has 7 heteroatoms. The van der Waals surface area contributed by atoms with E-state index >= 15 is 0 Å². The van der Waals surface area contributed by atoms with E-state index in [-0.39, 0.29) is 17.2 Å². The summed E-state index contributed by atoms with van der Waals surface area (Å²) in [6, 6.07) is 9.73. The van der Waals surface area contributed by atoms with Gasteiger partial charge in [0.05, 0.1) is 0 Å². The van der Waals surface area contributed by atoms with Crippen LogP contribution in [0.25, 0.3) is 11.1 Å². The average molecular weight is 365 g/mol. The van der Waals surface area contributed by atoms with Crippen LogP contribution in [0.2, 0.25) is 0 Å². The van der Waals surface area contributed by atoms with Crippen LogP contribution >= 0.6 is 0 Å². The predicted octanol–water partition coefficient (Wildman–Crippen LogP) is 4.58. The van der Waals surface area contributed by atoms with E-state index in [0.29, 0.717) is 11.1 Å². The normalized spacial score (nSPS) is 15.0. The highest BCUT2D eigenvalue weighted by Gasteiger charge is 2.31. The minimum atomic E-state index is -4.81. The zero-order valence-corrected chi connectivity index (χ0v) is 13.9. The number of aromatic hydroxyl groups is 1. The number of phenolic OH excluding ortho intramolecular Hbond substituents is 1. The van der Waals surface area contributed by atoms with Crippen LogP contribution in [-0.2, 0) is 0 Å². The van der Waals surface area contributed by atoms with Crippen LogP contribution in [0.3, 0.4) is 0 Å². The number of hydrogen-bond donors (Lipinski definition) is 1.